The predicted molar refractivity (Wildman–Crippen MR) is 91.0 cm³/mol. The van der Waals surface area contributed by atoms with Crippen LogP contribution in [0.25, 0.3) is 0 Å². The lowest BCUT2D eigenvalue weighted by Gasteiger charge is -2.18. The Labute approximate surface area is 132 Å². The van der Waals surface area contributed by atoms with E-state index in [0.717, 1.165) is 17.7 Å². The van der Waals surface area contributed by atoms with Gasteiger partial charge in [0, 0.05) is 12.2 Å². The third-order valence-electron chi connectivity index (χ3n) is 3.60. The van der Waals surface area contributed by atoms with Crippen LogP contribution in [-0.4, -0.2) is 4.98 Å². The van der Waals surface area contributed by atoms with Gasteiger partial charge in [-0.1, -0.05) is 49.7 Å². The van der Waals surface area contributed by atoms with Gasteiger partial charge in [0.15, 0.2) is 5.15 Å². The number of hydrogen-bond acceptors (Lipinski definition) is 2. The normalized spacial score (nSPS) is 12.5. The Bertz CT molecular complexity index is 570. The number of benzene rings is 1. The highest BCUT2D eigenvalue weighted by Crippen LogP contribution is 2.27. The number of rotatable bonds is 5. The Morgan fingerprint density at radius 2 is 1.76 bits per heavy atom. The van der Waals surface area contributed by atoms with Crippen molar-refractivity contribution in [1.29, 1.82) is 0 Å². The van der Waals surface area contributed by atoms with Crippen molar-refractivity contribution in [2.75, 3.05) is 5.32 Å². The largest absolute Gasteiger partial charge is 0.376 e. The average Bonchev–Trinajstić information content (AvgIpc) is 2.43. The third kappa shape index (κ3) is 4.21. The van der Waals surface area contributed by atoms with E-state index in [9.17, 15) is 0 Å². The van der Waals surface area contributed by atoms with Crippen LogP contribution in [0.3, 0.4) is 0 Å². The van der Waals surface area contributed by atoms with E-state index in [0.29, 0.717) is 11.1 Å². The van der Waals surface area contributed by atoms with Gasteiger partial charge < -0.3 is 5.32 Å². The molecular formula is C18H23ClN2. The monoisotopic (exact) mass is 302 g/mol. The maximum absolute atomic E-state index is 6.17. The predicted octanol–water partition coefficient (Wildman–Crippen LogP) is 5.42. The number of aryl methyl sites for hydroxylation is 1. The molecule has 1 N–H and O–H groups in total. The number of aromatic nitrogens is 1. The molecule has 0 amide bonds. The molecule has 1 atom stereocenters. The van der Waals surface area contributed by atoms with Gasteiger partial charge in [-0.25, -0.2) is 4.98 Å². The minimum atomic E-state index is 0.193. The van der Waals surface area contributed by atoms with Crippen LogP contribution in [0.2, 0.25) is 5.15 Å². The average molecular weight is 303 g/mol. The standard InChI is InChI=1S/C18H23ClN2/c1-12(2)11-15-5-7-16(8-6-15)14(4)21-17-13(3)9-10-20-18(17)19/h5-10,12,14,21H,11H2,1-4H3. The van der Waals surface area contributed by atoms with Crippen molar-refractivity contribution >= 4 is 17.3 Å². The molecule has 0 fully saturated rings. The zero-order valence-corrected chi connectivity index (χ0v) is 13.9. The molecule has 0 spiro atoms. The van der Waals surface area contributed by atoms with Crippen molar-refractivity contribution in [3.63, 3.8) is 0 Å². The SMILES string of the molecule is Cc1ccnc(Cl)c1NC(C)c1ccc(CC(C)C)cc1. The maximum Gasteiger partial charge on any atom is 0.152 e. The number of pyridine rings is 1. The first-order valence-electron chi connectivity index (χ1n) is 7.44. The van der Waals surface area contributed by atoms with Crippen LogP contribution in [0.4, 0.5) is 5.69 Å². The summed E-state index contributed by atoms with van der Waals surface area (Å²) in [7, 11) is 0. The van der Waals surface area contributed by atoms with Gasteiger partial charge in [0.2, 0.25) is 0 Å². The van der Waals surface area contributed by atoms with Gasteiger partial charge in [-0.3, -0.25) is 0 Å². The molecule has 0 bridgehead atoms. The molecular weight excluding hydrogens is 280 g/mol. The first-order chi connectivity index (χ1) is 9.97. The van der Waals surface area contributed by atoms with Gasteiger partial charge in [-0.05, 0) is 48.9 Å². The van der Waals surface area contributed by atoms with Crippen molar-refractivity contribution in [3.8, 4) is 0 Å². The van der Waals surface area contributed by atoms with E-state index < -0.39 is 0 Å². The molecule has 1 unspecified atom stereocenters. The van der Waals surface area contributed by atoms with Crippen LogP contribution in [0.1, 0.15) is 43.5 Å². The quantitative estimate of drug-likeness (QED) is 0.746. The van der Waals surface area contributed by atoms with Gasteiger partial charge >= 0.3 is 0 Å². The van der Waals surface area contributed by atoms with E-state index in [2.05, 4.69) is 55.3 Å². The first kappa shape index (κ1) is 15.8. The van der Waals surface area contributed by atoms with Gasteiger partial charge in [-0.2, -0.15) is 0 Å². The van der Waals surface area contributed by atoms with Crippen molar-refractivity contribution < 1.29 is 0 Å². The molecule has 21 heavy (non-hydrogen) atoms. The Balaban J connectivity index is 2.11. The molecule has 0 saturated heterocycles. The van der Waals surface area contributed by atoms with Crippen LogP contribution in [0.15, 0.2) is 36.5 Å². The van der Waals surface area contributed by atoms with E-state index >= 15 is 0 Å². The molecule has 112 valence electrons. The fraction of sp³-hybridized carbons (Fsp3) is 0.389. The first-order valence-corrected chi connectivity index (χ1v) is 7.81. The fourth-order valence-corrected chi connectivity index (χ4v) is 2.67. The van der Waals surface area contributed by atoms with E-state index in [1.807, 2.05) is 13.0 Å². The lowest BCUT2D eigenvalue weighted by molar-refractivity contribution is 0.647. The van der Waals surface area contributed by atoms with E-state index in [4.69, 9.17) is 11.6 Å². The van der Waals surface area contributed by atoms with E-state index in [1.165, 1.54) is 11.1 Å². The summed E-state index contributed by atoms with van der Waals surface area (Å²) in [6.45, 7) is 8.66. The highest BCUT2D eigenvalue weighted by Gasteiger charge is 2.10. The Morgan fingerprint density at radius 3 is 2.33 bits per heavy atom. The minimum absolute atomic E-state index is 0.193. The summed E-state index contributed by atoms with van der Waals surface area (Å²) in [6, 6.07) is 11.0. The maximum atomic E-state index is 6.17. The summed E-state index contributed by atoms with van der Waals surface area (Å²) in [5.41, 5.74) is 4.66. The number of hydrogen-bond donors (Lipinski definition) is 1. The highest BCUT2D eigenvalue weighted by molar-refractivity contribution is 6.32. The Hall–Kier alpha value is -1.54. The molecule has 0 saturated carbocycles. The van der Waals surface area contributed by atoms with Gasteiger partial charge in [0.1, 0.15) is 0 Å². The fourth-order valence-electron chi connectivity index (χ4n) is 2.41. The molecule has 1 aromatic carbocycles. The summed E-state index contributed by atoms with van der Waals surface area (Å²) in [5.74, 6) is 0.684. The number of nitrogens with one attached hydrogen (secondary N) is 1. The molecule has 1 aromatic heterocycles. The molecule has 0 aliphatic carbocycles. The highest BCUT2D eigenvalue weighted by atomic mass is 35.5. The zero-order chi connectivity index (χ0) is 15.4. The lowest BCUT2D eigenvalue weighted by atomic mass is 10.00. The van der Waals surface area contributed by atoms with Gasteiger partial charge in [0.05, 0.1) is 5.69 Å². The zero-order valence-electron chi connectivity index (χ0n) is 13.2. The second-order valence-corrected chi connectivity index (χ2v) is 6.36. The summed E-state index contributed by atoms with van der Waals surface area (Å²) in [6.07, 6.45) is 2.85. The van der Waals surface area contributed by atoms with Crippen LogP contribution in [-0.2, 0) is 6.42 Å². The molecule has 3 heteroatoms. The Morgan fingerprint density at radius 1 is 1.10 bits per heavy atom. The molecule has 1 heterocycles. The van der Waals surface area contributed by atoms with E-state index in [1.54, 1.807) is 6.20 Å². The second-order valence-electron chi connectivity index (χ2n) is 6.00. The van der Waals surface area contributed by atoms with Gasteiger partial charge in [-0.15, -0.1) is 0 Å². The van der Waals surface area contributed by atoms with Crippen molar-refractivity contribution in [3.05, 3.63) is 58.4 Å². The van der Waals surface area contributed by atoms with E-state index in [-0.39, 0.29) is 6.04 Å². The molecule has 0 aliphatic heterocycles. The van der Waals surface area contributed by atoms with Crippen LogP contribution in [0, 0.1) is 12.8 Å². The van der Waals surface area contributed by atoms with Crippen LogP contribution >= 0.6 is 11.6 Å². The molecule has 2 nitrogen and oxygen atoms in total. The molecule has 2 aromatic rings. The smallest absolute Gasteiger partial charge is 0.152 e. The molecule has 0 aliphatic rings. The van der Waals surface area contributed by atoms with Crippen LogP contribution in [0.5, 0.6) is 0 Å². The topological polar surface area (TPSA) is 24.9 Å². The summed E-state index contributed by atoms with van der Waals surface area (Å²) in [5, 5.41) is 3.99. The van der Waals surface area contributed by atoms with Crippen LogP contribution < -0.4 is 5.32 Å². The minimum Gasteiger partial charge on any atom is -0.376 e. The summed E-state index contributed by atoms with van der Waals surface area (Å²) >= 11 is 6.17. The second kappa shape index (κ2) is 6.95. The Kier molecular flexibility index (Phi) is 5.24. The summed E-state index contributed by atoms with van der Waals surface area (Å²) in [4.78, 5) is 4.14. The van der Waals surface area contributed by atoms with Crippen molar-refractivity contribution in [1.82, 2.24) is 4.98 Å². The van der Waals surface area contributed by atoms with Crippen molar-refractivity contribution in [2.24, 2.45) is 5.92 Å². The molecule has 2 rings (SSSR count). The lowest BCUT2D eigenvalue weighted by Crippen LogP contribution is -2.09. The van der Waals surface area contributed by atoms with Gasteiger partial charge in [0.25, 0.3) is 0 Å². The summed E-state index contributed by atoms with van der Waals surface area (Å²) < 4.78 is 0. The molecule has 0 radical (unpaired) electrons. The third-order valence-corrected chi connectivity index (χ3v) is 3.88. The number of anilines is 1. The number of nitrogens with zero attached hydrogens (tertiary/aromatic N) is 1. The van der Waals surface area contributed by atoms with Crippen molar-refractivity contribution in [2.45, 2.75) is 40.2 Å². The number of halogens is 1.